The lowest BCUT2D eigenvalue weighted by Gasteiger charge is -2.19. The molecule has 10 heteroatoms. The van der Waals surface area contributed by atoms with Crippen molar-refractivity contribution in [2.45, 2.75) is 232 Å². The van der Waals surface area contributed by atoms with Crippen LogP contribution in [0.25, 0.3) is 0 Å². The maximum absolute atomic E-state index is 12.6. The molecule has 0 spiro atoms. The van der Waals surface area contributed by atoms with Gasteiger partial charge in [0.25, 0.3) is 0 Å². The summed E-state index contributed by atoms with van der Waals surface area (Å²) < 4.78 is 32.8. The Hall–Kier alpha value is -1.25. The SMILES string of the molecule is CCCCCCCC/C=C/CCCCCCCCCCCC(=O)O[C@H](COC(=O)CCCCCCCCCCCCCCCC)COP(=O)(O)OCCN. The number of carbonyl (C=O) groups excluding carboxylic acids is 2. The number of allylic oxidation sites excluding steroid dienone is 2. The molecular formula is C44H86NO8P. The lowest BCUT2D eigenvalue weighted by atomic mass is 10.0. The first-order valence-corrected chi connectivity index (χ1v) is 24.2. The first-order valence-electron chi connectivity index (χ1n) is 22.7. The van der Waals surface area contributed by atoms with E-state index in [9.17, 15) is 19.0 Å². The highest BCUT2D eigenvalue weighted by Crippen LogP contribution is 2.43. The third-order valence-electron chi connectivity index (χ3n) is 9.90. The largest absolute Gasteiger partial charge is 0.472 e. The molecule has 0 bridgehead atoms. The van der Waals surface area contributed by atoms with Crippen molar-refractivity contribution < 1.29 is 37.6 Å². The molecule has 320 valence electrons. The van der Waals surface area contributed by atoms with Crippen LogP contribution in [-0.2, 0) is 32.7 Å². The molecule has 0 fully saturated rings. The fourth-order valence-corrected chi connectivity index (χ4v) is 7.28. The van der Waals surface area contributed by atoms with Crippen molar-refractivity contribution in [2.24, 2.45) is 5.73 Å². The number of hydrogen-bond acceptors (Lipinski definition) is 8. The minimum Gasteiger partial charge on any atom is -0.462 e. The summed E-state index contributed by atoms with van der Waals surface area (Å²) in [5.74, 6) is -0.819. The number of ether oxygens (including phenoxy) is 2. The fourth-order valence-electron chi connectivity index (χ4n) is 6.51. The number of esters is 2. The van der Waals surface area contributed by atoms with E-state index in [1.54, 1.807) is 0 Å². The number of phosphoric acid groups is 1. The van der Waals surface area contributed by atoms with E-state index in [-0.39, 0.29) is 38.6 Å². The Morgan fingerprint density at radius 1 is 0.537 bits per heavy atom. The summed E-state index contributed by atoms with van der Waals surface area (Å²) >= 11 is 0. The Labute approximate surface area is 332 Å². The van der Waals surface area contributed by atoms with Crippen molar-refractivity contribution in [3.63, 3.8) is 0 Å². The average Bonchev–Trinajstić information content (AvgIpc) is 3.16. The number of unbranched alkanes of at least 4 members (excludes halogenated alkanes) is 28. The average molecular weight is 788 g/mol. The van der Waals surface area contributed by atoms with Gasteiger partial charge in [0.2, 0.25) is 0 Å². The van der Waals surface area contributed by atoms with Crippen molar-refractivity contribution in [1.82, 2.24) is 0 Å². The lowest BCUT2D eigenvalue weighted by Crippen LogP contribution is -2.29. The van der Waals surface area contributed by atoms with Gasteiger partial charge < -0.3 is 20.1 Å². The molecule has 3 N–H and O–H groups in total. The van der Waals surface area contributed by atoms with Crippen molar-refractivity contribution in [3.05, 3.63) is 12.2 Å². The molecule has 2 atom stereocenters. The summed E-state index contributed by atoms with van der Waals surface area (Å²) in [7, 11) is -4.37. The highest BCUT2D eigenvalue weighted by Gasteiger charge is 2.26. The minimum atomic E-state index is -4.37. The van der Waals surface area contributed by atoms with E-state index in [0.29, 0.717) is 6.42 Å². The van der Waals surface area contributed by atoms with Gasteiger partial charge in [0.05, 0.1) is 13.2 Å². The molecule has 54 heavy (non-hydrogen) atoms. The number of nitrogens with two attached hydrogens (primary N) is 1. The Morgan fingerprint density at radius 3 is 1.31 bits per heavy atom. The molecule has 0 saturated carbocycles. The summed E-state index contributed by atoms with van der Waals surface area (Å²) in [6, 6.07) is 0. The molecule has 0 aliphatic heterocycles. The van der Waals surface area contributed by atoms with E-state index in [1.807, 2.05) is 0 Å². The number of hydrogen-bond donors (Lipinski definition) is 2. The van der Waals surface area contributed by atoms with Gasteiger partial charge in [0, 0.05) is 19.4 Å². The van der Waals surface area contributed by atoms with Crippen molar-refractivity contribution in [3.8, 4) is 0 Å². The highest BCUT2D eigenvalue weighted by molar-refractivity contribution is 7.47. The summed E-state index contributed by atoms with van der Waals surface area (Å²) in [5.41, 5.74) is 5.35. The number of phosphoric ester groups is 1. The Kier molecular flexibility index (Phi) is 40.4. The van der Waals surface area contributed by atoms with E-state index in [0.717, 1.165) is 38.5 Å². The molecule has 0 rings (SSSR count). The van der Waals surface area contributed by atoms with Crippen molar-refractivity contribution in [1.29, 1.82) is 0 Å². The maximum atomic E-state index is 12.6. The predicted molar refractivity (Wildman–Crippen MR) is 224 cm³/mol. The van der Waals surface area contributed by atoms with E-state index in [4.69, 9.17) is 24.3 Å². The summed E-state index contributed by atoms with van der Waals surface area (Å²) in [5, 5.41) is 0. The van der Waals surface area contributed by atoms with Gasteiger partial charge in [-0.05, 0) is 38.5 Å². The Balaban J connectivity index is 4.09. The van der Waals surface area contributed by atoms with Gasteiger partial charge in [-0.25, -0.2) is 4.57 Å². The molecule has 9 nitrogen and oxygen atoms in total. The van der Waals surface area contributed by atoms with Gasteiger partial charge in [-0.1, -0.05) is 187 Å². The molecule has 0 aliphatic rings. The quantitative estimate of drug-likeness (QED) is 0.0268. The van der Waals surface area contributed by atoms with Gasteiger partial charge in [-0.2, -0.15) is 0 Å². The van der Waals surface area contributed by atoms with Gasteiger partial charge in [-0.15, -0.1) is 0 Å². The third-order valence-corrected chi connectivity index (χ3v) is 10.9. The number of carbonyl (C=O) groups is 2. The molecule has 0 aromatic heterocycles. The molecule has 0 radical (unpaired) electrons. The van der Waals surface area contributed by atoms with E-state index >= 15 is 0 Å². The second-order valence-corrected chi connectivity index (χ2v) is 16.7. The van der Waals surface area contributed by atoms with Crippen LogP contribution in [0, 0.1) is 0 Å². The van der Waals surface area contributed by atoms with Crippen LogP contribution in [0.15, 0.2) is 12.2 Å². The second-order valence-electron chi connectivity index (χ2n) is 15.3. The monoisotopic (exact) mass is 788 g/mol. The molecule has 0 heterocycles. The van der Waals surface area contributed by atoms with E-state index in [2.05, 4.69) is 26.0 Å². The molecule has 1 unspecified atom stereocenters. The Bertz CT molecular complexity index is 902. The fraction of sp³-hybridized carbons (Fsp3) is 0.909. The maximum Gasteiger partial charge on any atom is 0.472 e. The zero-order valence-electron chi connectivity index (χ0n) is 35.2. The third kappa shape index (κ3) is 40.4. The molecule has 0 amide bonds. The van der Waals surface area contributed by atoms with Crippen LogP contribution >= 0.6 is 7.82 Å². The molecule has 0 aromatic rings. The molecule has 0 aromatic carbocycles. The number of rotatable bonds is 43. The van der Waals surface area contributed by atoms with Crippen molar-refractivity contribution in [2.75, 3.05) is 26.4 Å². The van der Waals surface area contributed by atoms with Crippen LogP contribution in [0.5, 0.6) is 0 Å². The van der Waals surface area contributed by atoms with Crippen LogP contribution < -0.4 is 5.73 Å². The van der Waals surface area contributed by atoms with Crippen LogP contribution in [0.4, 0.5) is 0 Å². The standard InChI is InChI=1S/C44H86NO8P/c1-3-5-7-9-11-13-15-17-19-20-21-22-23-25-27-29-31-33-35-37-44(47)53-42(41-52-54(48,49)51-39-38-45)40-50-43(46)36-34-32-30-28-26-24-18-16-14-12-10-8-6-4-2/h17,19,42H,3-16,18,20-41,45H2,1-2H3,(H,48,49)/b19-17+/t42-/m1/s1. The topological polar surface area (TPSA) is 134 Å². The second kappa shape index (κ2) is 41.4. The molecule has 0 saturated heterocycles. The van der Waals surface area contributed by atoms with Gasteiger partial charge in [-0.3, -0.25) is 18.6 Å². The zero-order chi connectivity index (χ0) is 39.6. The van der Waals surface area contributed by atoms with Crippen LogP contribution in [0.1, 0.15) is 226 Å². The lowest BCUT2D eigenvalue weighted by molar-refractivity contribution is -0.161. The summed E-state index contributed by atoms with van der Waals surface area (Å²) in [6.45, 7) is 3.76. The predicted octanol–water partition coefficient (Wildman–Crippen LogP) is 13.0. The summed E-state index contributed by atoms with van der Waals surface area (Å²) in [6.07, 6.45) is 42.4. The highest BCUT2D eigenvalue weighted by atomic mass is 31.2. The van der Waals surface area contributed by atoms with Crippen LogP contribution in [0.2, 0.25) is 0 Å². The van der Waals surface area contributed by atoms with E-state index < -0.39 is 26.5 Å². The zero-order valence-corrected chi connectivity index (χ0v) is 36.1. The van der Waals surface area contributed by atoms with Crippen LogP contribution in [0.3, 0.4) is 0 Å². The van der Waals surface area contributed by atoms with Gasteiger partial charge in [0.15, 0.2) is 6.10 Å². The van der Waals surface area contributed by atoms with Gasteiger partial charge >= 0.3 is 19.8 Å². The minimum absolute atomic E-state index is 0.0560. The molecule has 0 aliphatic carbocycles. The van der Waals surface area contributed by atoms with Crippen molar-refractivity contribution >= 4 is 19.8 Å². The smallest absolute Gasteiger partial charge is 0.462 e. The van der Waals surface area contributed by atoms with Gasteiger partial charge in [0.1, 0.15) is 6.61 Å². The summed E-state index contributed by atoms with van der Waals surface area (Å²) in [4.78, 5) is 34.9. The Morgan fingerprint density at radius 2 is 0.907 bits per heavy atom. The first kappa shape index (κ1) is 52.8. The first-order chi connectivity index (χ1) is 26.3. The van der Waals surface area contributed by atoms with Crippen LogP contribution in [-0.4, -0.2) is 49.3 Å². The normalized spacial score (nSPS) is 13.3. The van der Waals surface area contributed by atoms with E-state index in [1.165, 1.54) is 154 Å². The molecular weight excluding hydrogens is 701 g/mol.